The van der Waals surface area contributed by atoms with Crippen LogP contribution in [0.25, 0.3) is 0 Å². The van der Waals surface area contributed by atoms with E-state index in [1.54, 1.807) is 26.0 Å². The van der Waals surface area contributed by atoms with E-state index in [1.807, 2.05) is 0 Å². The highest BCUT2D eigenvalue weighted by Gasteiger charge is 2.45. The number of rotatable bonds is 4. The van der Waals surface area contributed by atoms with Crippen LogP contribution in [0.3, 0.4) is 0 Å². The van der Waals surface area contributed by atoms with Crippen molar-refractivity contribution in [2.24, 2.45) is 0 Å². The van der Waals surface area contributed by atoms with Crippen LogP contribution in [-0.2, 0) is 10.2 Å². The zero-order chi connectivity index (χ0) is 14.2. The topological polar surface area (TPSA) is 74.8 Å². The predicted octanol–water partition coefficient (Wildman–Crippen LogP) is 0.869. The Hall–Kier alpha value is -1.73. The molecule has 0 bridgehead atoms. The van der Waals surface area contributed by atoms with Gasteiger partial charge in [-0.1, -0.05) is 26.0 Å². The van der Waals surface area contributed by atoms with Crippen LogP contribution in [-0.4, -0.2) is 41.9 Å². The summed E-state index contributed by atoms with van der Waals surface area (Å²) in [5.41, 5.74) is 0.256. The third kappa shape index (κ3) is 1.95. The lowest BCUT2D eigenvalue weighted by Crippen LogP contribution is -2.46. The van der Waals surface area contributed by atoms with Crippen LogP contribution in [0.5, 0.6) is 0 Å². The van der Waals surface area contributed by atoms with Gasteiger partial charge in [0.25, 0.3) is 11.8 Å². The molecule has 0 aromatic heterocycles. The van der Waals surface area contributed by atoms with Gasteiger partial charge in [-0.15, -0.1) is 0 Å². The van der Waals surface area contributed by atoms with E-state index in [4.69, 9.17) is 0 Å². The minimum atomic E-state index is -4.10. The maximum atomic E-state index is 12.3. The molecule has 6 nitrogen and oxygen atoms in total. The van der Waals surface area contributed by atoms with Gasteiger partial charge in [0, 0.05) is 13.1 Å². The fraction of sp³-hybridized carbons (Fsp3) is 0.333. The van der Waals surface area contributed by atoms with Gasteiger partial charge >= 0.3 is 10.2 Å². The van der Waals surface area contributed by atoms with Crippen LogP contribution in [0, 0.1) is 0 Å². The van der Waals surface area contributed by atoms with Crippen LogP contribution >= 0.6 is 0 Å². The van der Waals surface area contributed by atoms with Gasteiger partial charge in [-0.05, 0) is 12.1 Å². The summed E-state index contributed by atoms with van der Waals surface area (Å²) in [5.74, 6) is -1.57. The first-order chi connectivity index (χ1) is 8.95. The molecule has 19 heavy (non-hydrogen) atoms. The second-order valence-corrected chi connectivity index (χ2v) is 5.79. The second-order valence-electron chi connectivity index (χ2n) is 4.01. The summed E-state index contributed by atoms with van der Waals surface area (Å²) >= 11 is 0. The van der Waals surface area contributed by atoms with Gasteiger partial charge in [-0.2, -0.15) is 17.0 Å². The predicted molar refractivity (Wildman–Crippen MR) is 68.8 cm³/mol. The molecule has 1 aliphatic rings. The molecule has 0 atom stereocenters. The summed E-state index contributed by atoms with van der Waals surface area (Å²) in [6.07, 6.45) is 0. The Morgan fingerprint density at radius 1 is 1.00 bits per heavy atom. The first-order valence-electron chi connectivity index (χ1n) is 5.93. The van der Waals surface area contributed by atoms with E-state index in [2.05, 4.69) is 0 Å². The van der Waals surface area contributed by atoms with E-state index in [0.29, 0.717) is 4.31 Å². The Labute approximate surface area is 111 Å². The number of carbonyl (C=O) groups excluding carboxylic acids is 2. The van der Waals surface area contributed by atoms with Gasteiger partial charge in [0.2, 0.25) is 0 Å². The largest absolute Gasteiger partial charge is 0.313 e. The van der Waals surface area contributed by atoms with Crippen LogP contribution in [0.1, 0.15) is 34.6 Å². The van der Waals surface area contributed by atoms with Crippen LogP contribution in [0.4, 0.5) is 0 Å². The number of imide groups is 1. The molecule has 0 fully saturated rings. The van der Waals surface area contributed by atoms with Crippen LogP contribution in [0.15, 0.2) is 24.3 Å². The molecule has 2 rings (SSSR count). The third-order valence-electron chi connectivity index (χ3n) is 3.02. The van der Waals surface area contributed by atoms with Crippen molar-refractivity contribution in [1.82, 2.24) is 8.61 Å². The Morgan fingerprint density at radius 2 is 1.42 bits per heavy atom. The molecular weight excluding hydrogens is 268 g/mol. The average molecular weight is 282 g/mol. The highest BCUT2D eigenvalue weighted by Crippen LogP contribution is 2.26. The summed E-state index contributed by atoms with van der Waals surface area (Å²) in [4.78, 5) is 24.2. The molecule has 2 amide bonds. The molecule has 0 saturated heterocycles. The SMILES string of the molecule is CCN(CC)S(=O)(=O)N1C(=O)c2ccccc2C1=O. The van der Waals surface area contributed by atoms with Crippen molar-refractivity contribution in [3.05, 3.63) is 35.4 Å². The smallest absolute Gasteiger partial charge is 0.267 e. The monoisotopic (exact) mass is 282 g/mol. The summed E-state index contributed by atoms with van der Waals surface area (Å²) in [6, 6.07) is 6.09. The van der Waals surface area contributed by atoms with E-state index in [0.717, 1.165) is 4.31 Å². The van der Waals surface area contributed by atoms with Crippen molar-refractivity contribution in [3.63, 3.8) is 0 Å². The molecule has 102 valence electrons. The fourth-order valence-electron chi connectivity index (χ4n) is 2.04. The first kappa shape index (κ1) is 13.7. The summed E-state index contributed by atoms with van der Waals surface area (Å²) in [7, 11) is -4.10. The molecule has 1 aromatic rings. The molecule has 1 aromatic carbocycles. The molecule has 7 heteroatoms. The fourth-order valence-corrected chi connectivity index (χ4v) is 3.54. The van der Waals surface area contributed by atoms with Crippen molar-refractivity contribution in [2.45, 2.75) is 13.8 Å². The minimum absolute atomic E-state index is 0.128. The Bertz CT molecular complexity index is 600. The summed E-state index contributed by atoms with van der Waals surface area (Å²) < 4.78 is 26.0. The molecule has 0 unspecified atom stereocenters. The molecular formula is C12H14N2O4S. The second kappa shape index (κ2) is 4.75. The van der Waals surface area contributed by atoms with Gasteiger partial charge in [-0.25, -0.2) is 0 Å². The number of nitrogens with zero attached hydrogens (tertiary/aromatic N) is 2. The Kier molecular flexibility index (Phi) is 3.42. The van der Waals surface area contributed by atoms with Crippen LogP contribution in [0.2, 0.25) is 0 Å². The van der Waals surface area contributed by atoms with Crippen molar-refractivity contribution < 1.29 is 18.0 Å². The van der Waals surface area contributed by atoms with Gasteiger partial charge in [0.1, 0.15) is 0 Å². The van der Waals surface area contributed by atoms with Crippen molar-refractivity contribution in [3.8, 4) is 0 Å². The molecule has 0 radical (unpaired) electrons. The number of fused-ring (bicyclic) bond motifs is 1. The third-order valence-corrected chi connectivity index (χ3v) is 4.98. The maximum Gasteiger partial charge on any atom is 0.313 e. The van der Waals surface area contributed by atoms with Crippen molar-refractivity contribution in [2.75, 3.05) is 13.1 Å². The number of hydrogen-bond donors (Lipinski definition) is 0. The van der Waals surface area contributed by atoms with Gasteiger partial charge in [-0.3, -0.25) is 9.59 Å². The minimum Gasteiger partial charge on any atom is -0.267 e. The molecule has 1 heterocycles. The van der Waals surface area contributed by atoms with E-state index in [9.17, 15) is 18.0 Å². The average Bonchev–Trinajstić information content (AvgIpc) is 2.64. The summed E-state index contributed by atoms with van der Waals surface area (Å²) in [5, 5.41) is 0. The summed E-state index contributed by atoms with van der Waals surface area (Å²) in [6.45, 7) is 3.71. The molecule has 0 spiro atoms. The molecule has 0 aliphatic carbocycles. The number of benzene rings is 1. The molecule has 0 saturated carbocycles. The molecule has 0 N–H and O–H groups in total. The Balaban J connectivity index is 2.51. The lowest BCUT2D eigenvalue weighted by molar-refractivity contribution is 0.0757. The Morgan fingerprint density at radius 3 is 1.79 bits per heavy atom. The van der Waals surface area contributed by atoms with E-state index >= 15 is 0 Å². The normalized spacial score (nSPS) is 15.2. The van der Waals surface area contributed by atoms with Gasteiger partial charge < -0.3 is 0 Å². The number of amides is 2. The van der Waals surface area contributed by atoms with Gasteiger partial charge in [0.05, 0.1) is 11.1 Å². The van der Waals surface area contributed by atoms with Crippen molar-refractivity contribution in [1.29, 1.82) is 0 Å². The van der Waals surface area contributed by atoms with Crippen molar-refractivity contribution >= 4 is 22.0 Å². The number of carbonyl (C=O) groups is 2. The zero-order valence-electron chi connectivity index (χ0n) is 10.7. The van der Waals surface area contributed by atoms with E-state index in [-0.39, 0.29) is 24.2 Å². The standard InChI is InChI=1S/C12H14N2O4S/c1-3-13(4-2)19(17,18)14-11(15)9-7-5-6-8-10(9)12(14)16/h5-8H,3-4H2,1-2H3. The van der Waals surface area contributed by atoms with E-state index in [1.165, 1.54) is 12.1 Å². The quantitative estimate of drug-likeness (QED) is 0.768. The lowest BCUT2D eigenvalue weighted by atomic mass is 10.1. The van der Waals surface area contributed by atoms with Gasteiger partial charge in [0.15, 0.2) is 0 Å². The lowest BCUT2D eigenvalue weighted by Gasteiger charge is -2.23. The number of hydrogen-bond acceptors (Lipinski definition) is 4. The highest BCUT2D eigenvalue weighted by atomic mass is 32.2. The molecule has 1 aliphatic heterocycles. The maximum absolute atomic E-state index is 12.3. The first-order valence-corrected chi connectivity index (χ1v) is 7.32. The van der Waals surface area contributed by atoms with E-state index < -0.39 is 22.0 Å². The van der Waals surface area contributed by atoms with Crippen LogP contribution < -0.4 is 0 Å². The zero-order valence-corrected chi connectivity index (χ0v) is 11.5. The highest BCUT2D eigenvalue weighted by molar-refractivity contribution is 7.88.